The van der Waals surface area contributed by atoms with E-state index in [0.717, 1.165) is 42.6 Å². The number of rotatable bonds is 6. The molecule has 0 bridgehead atoms. The third-order valence-corrected chi connectivity index (χ3v) is 5.91. The Hall–Kier alpha value is -2.98. The van der Waals surface area contributed by atoms with Gasteiger partial charge in [0, 0.05) is 25.5 Å². The number of pyridine rings is 1. The zero-order chi connectivity index (χ0) is 20.1. The summed E-state index contributed by atoms with van der Waals surface area (Å²) in [5, 5.41) is 0. The summed E-state index contributed by atoms with van der Waals surface area (Å²) < 4.78 is 0. The molecule has 1 aliphatic rings. The number of nitrogens with zero attached hydrogens (tertiary/aromatic N) is 2. The van der Waals surface area contributed by atoms with Gasteiger partial charge in [0.15, 0.2) is 0 Å². The number of benzene rings is 2. The van der Waals surface area contributed by atoms with Crippen LogP contribution in [0, 0.1) is 5.41 Å². The molecule has 1 unspecified atom stereocenters. The molecule has 1 amide bonds. The third kappa shape index (κ3) is 4.54. The van der Waals surface area contributed by atoms with E-state index in [0.29, 0.717) is 13.0 Å². The monoisotopic (exact) mass is 385 g/mol. The fourth-order valence-electron chi connectivity index (χ4n) is 4.43. The smallest absolute Gasteiger partial charge is 0.225 e. The summed E-state index contributed by atoms with van der Waals surface area (Å²) in [4.78, 5) is 19.1. The topological polar surface area (TPSA) is 59.2 Å². The van der Waals surface area contributed by atoms with Crippen LogP contribution in [0.4, 0.5) is 0 Å². The number of piperidine rings is 1. The van der Waals surface area contributed by atoms with Crippen LogP contribution in [0.3, 0.4) is 0 Å². The number of nitrogens with two attached hydrogens (primary N) is 1. The van der Waals surface area contributed by atoms with Gasteiger partial charge >= 0.3 is 0 Å². The minimum Gasteiger partial charge on any atom is -0.369 e. The summed E-state index contributed by atoms with van der Waals surface area (Å²) in [7, 11) is 0. The van der Waals surface area contributed by atoms with Gasteiger partial charge in [-0.15, -0.1) is 0 Å². The first-order valence-electron chi connectivity index (χ1n) is 10.2. The number of primary amides is 1. The van der Waals surface area contributed by atoms with Crippen LogP contribution in [0.1, 0.15) is 24.0 Å². The molecule has 4 rings (SSSR count). The van der Waals surface area contributed by atoms with Crippen LogP contribution >= 0.6 is 0 Å². The van der Waals surface area contributed by atoms with Crippen molar-refractivity contribution in [2.75, 3.05) is 13.1 Å². The Morgan fingerprint density at radius 2 is 1.72 bits per heavy atom. The van der Waals surface area contributed by atoms with Gasteiger partial charge in [0.05, 0.1) is 5.41 Å². The predicted octanol–water partition coefficient (Wildman–Crippen LogP) is 4.06. The fourth-order valence-corrected chi connectivity index (χ4v) is 4.43. The van der Waals surface area contributed by atoms with Crippen molar-refractivity contribution in [3.05, 3.63) is 90.3 Å². The van der Waals surface area contributed by atoms with Crippen LogP contribution < -0.4 is 5.73 Å². The average Bonchev–Trinajstić information content (AvgIpc) is 2.75. The number of carbonyl (C=O) groups is 1. The zero-order valence-electron chi connectivity index (χ0n) is 16.6. The Morgan fingerprint density at radius 1 is 0.966 bits per heavy atom. The number of carbonyl (C=O) groups excluding carboxylic acids is 1. The van der Waals surface area contributed by atoms with Gasteiger partial charge in [-0.25, -0.2) is 0 Å². The van der Waals surface area contributed by atoms with Crippen molar-refractivity contribution < 1.29 is 4.79 Å². The minimum absolute atomic E-state index is 0.190. The Labute approximate surface area is 172 Å². The van der Waals surface area contributed by atoms with Gasteiger partial charge in [-0.2, -0.15) is 0 Å². The van der Waals surface area contributed by atoms with Crippen molar-refractivity contribution in [2.24, 2.45) is 11.1 Å². The van der Waals surface area contributed by atoms with E-state index in [4.69, 9.17) is 5.73 Å². The lowest BCUT2D eigenvalue weighted by Crippen LogP contribution is -2.51. The first-order valence-corrected chi connectivity index (χ1v) is 10.2. The zero-order valence-corrected chi connectivity index (χ0v) is 16.6. The first-order chi connectivity index (χ1) is 14.1. The Bertz CT molecular complexity index is 958. The maximum absolute atomic E-state index is 12.6. The second-order valence-corrected chi connectivity index (χ2v) is 8.06. The highest BCUT2D eigenvalue weighted by Crippen LogP contribution is 2.35. The van der Waals surface area contributed by atoms with Crippen LogP contribution in [0.5, 0.6) is 0 Å². The van der Waals surface area contributed by atoms with Gasteiger partial charge in [0.25, 0.3) is 0 Å². The molecule has 2 N–H and O–H groups in total. The Balaban J connectivity index is 1.55. The maximum atomic E-state index is 12.6. The molecule has 0 spiro atoms. The Kier molecular flexibility index (Phi) is 5.72. The minimum atomic E-state index is -0.524. The molecule has 1 fully saturated rings. The predicted molar refractivity (Wildman–Crippen MR) is 116 cm³/mol. The summed E-state index contributed by atoms with van der Waals surface area (Å²) in [6.45, 7) is 2.56. The van der Waals surface area contributed by atoms with Gasteiger partial charge in [-0.3, -0.25) is 14.7 Å². The maximum Gasteiger partial charge on any atom is 0.225 e. The van der Waals surface area contributed by atoms with Gasteiger partial charge in [-0.05, 0) is 60.2 Å². The molecule has 0 aliphatic carbocycles. The van der Waals surface area contributed by atoms with Crippen LogP contribution in [-0.2, 0) is 17.8 Å². The molecule has 2 heterocycles. The third-order valence-electron chi connectivity index (χ3n) is 5.91. The van der Waals surface area contributed by atoms with Crippen molar-refractivity contribution >= 4 is 5.91 Å². The average molecular weight is 386 g/mol. The van der Waals surface area contributed by atoms with Gasteiger partial charge in [0.1, 0.15) is 0 Å². The van der Waals surface area contributed by atoms with Gasteiger partial charge in [-0.1, -0.05) is 54.6 Å². The standard InChI is InChI=1S/C25H27N3O/c26-24(29)25(12-5-15-28(19-25)18-20-6-2-1-3-7-20)17-21-8-4-9-23(16-21)22-10-13-27-14-11-22/h1-4,6-11,13-14,16H,5,12,15,17-19H2,(H2,26,29). The van der Waals surface area contributed by atoms with Gasteiger partial charge < -0.3 is 5.73 Å². The molecule has 148 valence electrons. The lowest BCUT2D eigenvalue weighted by atomic mass is 9.74. The summed E-state index contributed by atoms with van der Waals surface area (Å²) >= 11 is 0. The SMILES string of the molecule is NC(=O)C1(Cc2cccc(-c3ccncc3)c2)CCCN(Cc2ccccc2)C1. The first kappa shape index (κ1) is 19.3. The highest BCUT2D eigenvalue weighted by Gasteiger charge is 2.40. The molecular weight excluding hydrogens is 358 g/mol. The number of aromatic nitrogens is 1. The largest absolute Gasteiger partial charge is 0.369 e. The quantitative estimate of drug-likeness (QED) is 0.696. The van der Waals surface area contributed by atoms with E-state index < -0.39 is 5.41 Å². The molecule has 3 aromatic rings. The summed E-state index contributed by atoms with van der Waals surface area (Å²) in [6, 6.07) is 22.9. The van der Waals surface area contributed by atoms with Crippen molar-refractivity contribution in [2.45, 2.75) is 25.8 Å². The van der Waals surface area contributed by atoms with Gasteiger partial charge in [0.2, 0.25) is 5.91 Å². The second kappa shape index (κ2) is 8.58. The molecule has 4 nitrogen and oxygen atoms in total. The Morgan fingerprint density at radius 3 is 2.48 bits per heavy atom. The molecule has 29 heavy (non-hydrogen) atoms. The van der Waals surface area contributed by atoms with E-state index in [2.05, 4.69) is 58.4 Å². The number of likely N-dealkylation sites (tertiary alicyclic amines) is 1. The van der Waals surface area contributed by atoms with E-state index >= 15 is 0 Å². The molecule has 0 radical (unpaired) electrons. The van der Waals surface area contributed by atoms with Crippen LogP contribution in [0.2, 0.25) is 0 Å². The van der Waals surface area contributed by atoms with Crippen molar-refractivity contribution in [3.63, 3.8) is 0 Å². The molecular formula is C25H27N3O. The van der Waals surface area contributed by atoms with E-state index in [1.54, 1.807) is 12.4 Å². The van der Waals surface area contributed by atoms with Crippen LogP contribution in [0.15, 0.2) is 79.1 Å². The summed E-state index contributed by atoms with van der Waals surface area (Å²) in [5.74, 6) is -0.190. The van der Waals surface area contributed by atoms with E-state index in [1.165, 1.54) is 5.56 Å². The number of hydrogen-bond acceptors (Lipinski definition) is 3. The number of hydrogen-bond donors (Lipinski definition) is 1. The highest BCUT2D eigenvalue weighted by atomic mass is 16.1. The highest BCUT2D eigenvalue weighted by molar-refractivity contribution is 5.81. The molecule has 1 aliphatic heterocycles. The lowest BCUT2D eigenvalue weighted by Gasteiger charge is -2.41. The summed E-state index contributed by atoms with van der Waals surface area (Å²) in [6.07, 6.45) is 6.10. The van der Waals surface area contributed by atoms with Crippen LogP contribution in [-0.4, -0.2) is 28.9 Å². The lowest BCUT2D eigenvalue weighted by molar-refractivity contribution is -0.131. The van der Waals surface area contributed by atoms with E-state index in [1.807, 2.05) is 18.2 Å². The number of amides is 1. The van der Waals surface area contributed by atoms with E-state index in [-0.39, 0.29) is 5.91 Å². The van der Waals surface area contributed by atoms with Crippen molar-refractivity contribution in [1.29, 1.82) is 0 Å². The fraction of sp³-hybridized carbons (Fsp3) is 0.280. The molecule has 1 saturated heterocycles. The normalized spacial score (nSPS) is 19.7. The molecule has 1 aromatic heterocycles. The van der Waals surface area contributed by atoms with E-state index in [9.17, 15) is 4.79 Å². The second-order valence-electron chi connectivity index (χ2n) is 8.06. The van der Waals surface area contributed by atoms with Crippen LogP contribution in [0.25, 0.3) is 11.1 Å². The molecule has 4 heteroatoms. The van der Waals surface area contributed by atoms with Crippen molar-refractivity contribution in [3.8, 4) is 11.1 Å². The summed E-state index contributed by atoms with van der Waals surface area (Å²) in [5.41, 5.74) is 10.1. The molecule has 2 aromatic carbocycles. The molecule has 0 saturated carbocycles. The van der Waals surface area contributed by atoms with Crippen molar-refractivity contribution in [1.82, 2.24) is 9.88 Å². The molecule has 1 atom stereocenters.